The molecule has 5 nitrogen and oxygen atoms in total. The second-order valence-electron chi connectivity index (χ2n) is 10.2. The molecule has 1 N–H and O–H groups in total. The van der Waals surface area contributed by atoms with Gasteiger partial charge in [-0.3, -0.25) is 9.59 Å². The minimum atomic E-state index is -0.265. The summed E-state index contributed by atoms with van der Waals surface area (Å²) in [4.78, 5) is 30.9. The lowest BCUT2D eigenvalue weighted by molar-refractivity contribution is -0.120. The maximum Gasteiger partial charge on any atom is 0.221 e. The molecule has 0 radical (unpaired) electrons. The van der Waals surface area contributed by atoms with Crippen LogP contribution in [-0.4, -0.2) is 30.5 Å². The van der Waals surface area contributed by atoms with E-state index in [0.29, 0.717) is 17.5 Å². The highest BCUT2D eigenvalue weighted by atomic mass is 16.2. The first-order valence-corrected chi connectivity index (χ1v) is 14.0. The molecule has 0 fully saturated rings. The minimum Gasteiger partial charge on any atom is -0.371 e. The third-order valence-corrected chi connectivity index (χ3v) is 7.11. The van der Waals surface area contributed by atoms with Gasteiger partial charge >= 0.3 is 0 Å². The summed E-state index contributed by atoms with van der Waals surface area (Å²) >= 11 is 0. The molecule has 2 atom stereocenters. The number of allylic oxidation sites excluding steroid dienone is 3. The number of nitrogens with one attached hydrogen (secondary N) is 1. The summed E-state index contributed by atoms with van der Waals surface area (Å²) in [7, 11) is 0. The van der Waals surface area contributed by atoms with Crippen LogP contribution in [0.3, 0.4) is 0 Å². The van der Waals surface area contributed by atoms with Gasteiger partial charge in [-0.05, 0) is 73.6 Å². The largest absolute Gasteiger partial charge is 0.371 e. The van der Waals surface area contributed by atoms with Crippen molar-refractivity contribution in [1.29, 1.82) is 0 Å². The summed E-state index contributed by atoms with van der Waals surface area (Å²) < 4.78 is 0. The van der Waals surface area contributed by atoms with Crippen LogP contribution in [0.1, 0.15) is 91.5 Å². The van der Waals surface area contributed by atoms with Gasteiger partial charge in [0, 0.05) is 25.7 Å². The predicted molar refractivity (Wildman–Crippen MR) is 153 cm³/mol. The highest BCUT2D eigenvalue weighted by Gasteiger charge is 2.19. The van der Waals surface area contributed by atoms with Crippen molar-refractivity contribution in [3.05, 3.63) is 47.7 Å². The van der Waals surface area contributed by atoms with Gasteiger partial charge in [0.25, 0.3) is 0 Å². The molecule has 1 aromatic carbocycles. The average molecular weight is 494 g/mol. The zero-order chi connectivity index (χ0) is 26.5. The molecule has 1 aromatic rings. The standard InChI is InChI=1S/C31H47N3O2/c1-7-11-13-25(9-3)21-34(22-26(10-4)14-12-8-2)28-16-17-29(23(5)19-28)33-27-15-18-31(36)30(20-27)32-24(6)35/h15-20,25-26H,7-14,21-22H2,1-6H3,(H,32,35)/b33-27-. The van der Waals surface area contributed by atoms with E-state index in [4.69, 9.17) is 4.99 Å². The van der Waals surface area contributed by atoms with Gasteiger partial charge in [0.2, 0.25) is 11.7 Å². The van der Waals surface area contributed by atoms with Gasteiger partial charge in [0.1, 0.15) is 0 Å². The number of benzene rings is 1. The fraction of sp³-hybridized carbons (Fsp3) is 0.581. The smallest absolute Gasteiger partial charge is 0.221 e. The number of ketones is 1. The van der Waals surface area contributed by atoms with Crippen molar-refractivity contribution in [3.8, 4) is 0 Å². The molecule has 0 heterocycles. The first-order chi connectivity index (χ1) is 17.3. The van der Waals surface area contributed by atoms with Crippen LogP contribution in [0.25, 0.3) is 0 Å². The Morgan fingerprint density at radius 2 is 1.58 bits per heavy atom. The maximum atomic E-state index is 12.0. The Balaban J connectivity index is 2.31. The first-order valence-electron chi connectivity index (χ1n) is 14.0. The van der Waals surface area contributed by atoms with E-state index >= 15 is 0 Å². The van der Waals surface area contributed by atoms with Crippen LogP contribution in [0.2, 0.25) is 0 Å². The molecular formula is C31H47N3O2. The average Bonchev–Trinajstić information content (AvgIpc) is 2.86. The second kappa shape index (κ2) is 15.4. The molecule has 36 heavy (non-hydrogen) atoms. The van der Waals surface area contributed by atoms with Gasteiger partial charge in [-0.2, -0.15) is 0 Å². The lowest BCUT2D eigenvalue weighted by atomic mass is 9.95. The molecule has 0 saturated carbocycles. The number of unbranched alkanes of at least 4 members (excludes halogenated alkanes) is 2. The lowest BCUT2D eigenvalue weighted by Crippen LogP contribution is -2.34. The van der Waals surface area contributed by atoms with Gasteiger partial charge in [0.15, 0.2) is 0 Å². The van der Waals surface area contributed by atoms with Crippen LogP contribution in [0.4, 0.5) is 11.4 Å². The summed E-state index contributed by atoms with van der Waals surface area (Å²) in [5.41, 5.74) is 4.17. The lowest BCUT2D eigenvalue weighted by Gasteiger charge is -2.33. The zero-order valence-electron chi connectivity index (χ0n) is 23.4. The number of hydrogen-bond acceptors (Lipinski definition) is 4. The first kappa shape index (κ1) is 29.5. The Morgan fingerprint density at radius 3 is 2.08 bits per heavy atom. The van der Waals surface area contributed by atoms with Crippen molar-refractivity contribution < 1.29 is 9.59 Å². The molecule has 0 spiro atoms. The third kappa shape index (κ3) is 9.40. The normalized spacial score (nSPS) is 16.1. The van der Waals surface area contributed by atoms with Crippen LogP contribution in [0.5, 0.6) is 0 Å². The maximum absolute atomic E-state index is 12.0. The van der Waals surface area contributed by atoms with Crippen LogP contribution in [-0.2, 0) is 9.59 Å². The second-order valence-corrected chi connectivity index (χ2v) is 10.2. The summed E-state index contributed by atoms with van der Waals surface area (Å²) in [5.74, 6) is 0.930. The number of anilines is 1. The summed E-state index contributed by atoms with van der Waals surface area (Å²) in [6.45, 7) is 14.9. The van der Waals surface area contributed by atoms with E-state index in [-0.39, 0.29) is 17.4 Å². The molecule has 2 rings (SSSR count). The Kier molecular flexibility index (Phi) is 12.7. The summed E-state index contributed by atoms with van der Waals surface area (Å²) in [5, 5.41) is 2.60. The van der Waals surface area contributed by atoms with Crippen molar-refractivity contribution >= 4 is 28.8 Å². The molecule has 1 aliphatic carbocycles. The number of carbonyl (C=O) groups excluding carboxylic acids is 2. The molecule has 1 amide bonds. The monoisotopic (exact) mass is 493 g/mol. The van der Waals surface area contributed by atoms with Crippen molar-refractivity contribution in [2.24, 2.45) is 16.8 Å². The summed E-state index contributed by atoms with van der Waals surface area (Å²) in [6, 6.07) is 6.54. The van der Waals surface area contributed by atoms with E-state index in [9.17, 15) is 9.59 Å². The number of carbonyl (C=O) groups is 2. The molecule has 5 heteroatoms. The van der Waals surface area contributed by atoms with E-state index in [0.717, 1.165) is 24.3 Å². The van der Waals surface area contributed by atoms with Crippen molar-refractivity contribution in [1.82, 2.24) is 5.32 Å². The van der Waals surface area contributed by atoms with Crippen LogP contribution < -0.4 is 10.2 Å². The highest BCUT2D eigenvalue weighted by Crippen LogP contribution is 2.29. The molecule has 1 aliphatic rings. The Hall–Kier alpha value is -2.69. The number of rotatable bonds is 15. The van der Waals surface area contributed by atoms with Gasteiger partial charge < -0.3 is 10.2 Å². The van der Waals surface area contributed by atoms with Gasteiger partial charge in [-0.15, -0.1) is 0 Å². The quantitative estimate of drug-likeness (QED) is 0.258. The Morgan fingerprint density at radius 1 is 0.972 bits per heavy atom. The van der Waals surface area contributed by atoms with Crippen LogP contribution >= 0.6 is 0 Å². The number of aryl methyl sites for hydroxylation is 1. The topological polar surface area (TPSA) is 61.8 Å². The zero-order valence-corrected chi connectivity index (χ0v) is 23.4. The fourth-order valence-corrected chi connectivity index (χ4v) is 4.72. The molecule has 0 aliphatic heterocycles. The van der Waals surface area contributed by atoms with Crippen molar-refractivity contribution in [2.45, 2.75) is 92.9 Å². The van der Waals surface area contributed by atoms with Crippen LogP contribution in [0, 0.1) is 18.8 Å². The van der Waals surface area contributed by atoms with Crippen LogP contribution in [0.15, 0.2) is 47.1 Å². The SMILES string of the molecule is CCCCC(CC)CN(CC(CC)CCCC)c1ccc(/N=C2/C=CC(=O)C(NC(C)=O)=C2)c(C)c1. The molecule has 0 bridgehead atoms. The molecular weight excluding hydrogens is 446 g/mol. The Bertz CT molecular complexity index is 943. The van der Waals surface area contributed by atoms with E-state index in [1.54, 1.807) is 12.2 Å². The highest BCUT2D eigenvalue weighted by molar-refractivity contribution is 6.20. The van der Waals surface area contributed by atoms with Gasteiger partial charge in [0.05, 0.1) is 17.1 Å². The van der Waals surface area contributed by atoms with Crippen molar-refractivity contribution in [2.75, 3.05) is 18.0 Å². The third-order valence-electron chi connectivity index (χ3n) is 7.11. The number of hydrogen-bond donors (Lipinski definition) is 1. The molecule has 0 saturated heterocycles. The molecule has 2 unspecified atom stereocenters. The summed E-state index contributed by atoms with van der Waals surface area (Å²) in [6.07, 6.45) is 14.9. The van der Waals surface area contributed by atoms with E-state index < -0.39 is 0 Å². The predicted octanol–water partition coefficient (Wildman–Crippen LogP) is 7.47. The number of nitrogens with zero attached hydrogens (tertiary/aromatic N) is 2. The van der Waals surface area contributed by atoms with Gasteiger partial charge in [-0.1, -0.05) is 66.2 Å². The van der Waals surface area contributed by atoms with E-state index in [1.165, 1.54) is 70.1 Å². The molecule has 198 valence electrons. The van der Waals surface area contributed by atoms with E-state index in [2.05, 4.69) is 63.0 Å². The Labute approximate surface area is 219 Å². The minimum absolute atomic E-state index is 0.214. The van der Waals surface area contributed by atoms with E-state index in [1.807, 2.05) is 0 Å². The van der Waals surface area contributed by atoms with Crippen molar-refractivity contribution in [3.63, 3.8) is 0 Å². The number of aliphatic imine (C=N–C) groups is 1. The fourth-order valence-electron chi connectivity index (χ4n) is 4.72. The number of amides is 1. The molecule has 0 aromatic heterocycles. The van der Waals surface area contributed by atoms with Gasteiger partial charge in [-0.25, -0.2) is 4.99 Å².